The van der Waals surface area contributed by atoms with Gasteiger partial charge in [0.05, 0.1) is 6.61 Å². The number of hydrogen-bond acceptors (Lipinski definition) is 4. The van der Waals surface area contributed by atoms with E-state index < -0.39 is 0 Å². The van der Waals surface area contributed by atoms with Gasteiger partial charge in [-0.25, -0.2) is 0 Å². The Labute approximate surface area is 101 Å². The molecule has 1 aromatic rings. The van der Waals surface area contributed by atoms with Crippen LogP contribution in [0.4, 0.5) is 0 Å². The first kappa shape index (κ1) is 13.4. The summed E-state index contributed by atoms with van der Waals surface area (Å²) in [6.45, 7) is 5.64. The molecular weight excluding hydrogens is 222 g/mol. The molecule has 16 heavy (non-hydrogen) atoms. The summed E-state index contributed by atoms with van der Waals surface area (Å²) in [5.74, 6) is 0.185. The number of nitrogens with zero attached hydrogens (tertiary/aromatic N) is 1. The molecule has 0 aliphatic rings. The van der Waals surface area contributed by atoms with Crippen molar-refractivity contribution in [1.29, 1.82) is 0 Å². The molecule has 1 heterocycles. The van der Waals surface area contributed by atoms with Crippen LogP contribution in [0, 0.1) is 0 Å². The van der Waals surface area contributed by atoms with E-state index in [1.165, 1.54) is 0 Å². The van der Waals surface area contributed by atoms with E-state index in [0.717, 1.165) is 5.56 Å². The maximum absolute atomic E-state index is 11.8. The van der Waals surface area contributed by atoms with Gasteiger partial charge in [-0.2, -0.15) is 11.3 Å². The molecule has 0 fully saturated rings. The zero-order valence-corrected chi connectivity index (χ0v) is 10.7. The average molecular weight is 241 g/mol. The molecule has 0 bridgehead atoms. The van der Waals surface area contributed by atoms with Gasteiger partial charge in [-0.15, -0.1) is 0 Å². The van der Waals surface area contributed by atoms with E-state index in [-0.39, 0.29) is 12.4 Å². The Bertz CT molecular complexity index is 309. The lowest BCUT2D eigenvalue weighted by Crippen LogP contribution is -2.35. The molecule has 0 unspecified atom stereocenters. The van der Waals surface area contributed by atoms with E-state index in [9.17, 15) is 4.79 Å². The Hall–Kier alpha value is -0.710. The highest BCUT2D eigenvalue weighted by Gasteiger charge is 2.12. The monoisotopic (exact) mass is 241 g/mol. The molecule has 0 spiro atoms. The number of ketones is 1. The van der Waals surface area contributed by atoms with E-state index in [1.807, 2.05) is 16.8 Å². The molecule has 90 valence electrons. The number of aliphatic hydroxyl groups excluding tert-OH is 1. The minimum atomic E-state index is 0.144. The highest BCUT2D eigenvalue weighted by atomic mass is 32.1. The molecule has 3 nitrogen and oxygen atoms in total. The van der Waals surface area contributed by atoms with Gasteiger partial charge in [-0.05, 0) is 25.3 Å². The topological polar surface area (TPSA) is 40.5 Å². The summed E-state index contributed by atoms with van der Waals surface area (Å²) in [5, 5.41) is 12.7. The zero-order chi connectivity index (χ0) is 12.0. The van der Waals surface area contributed by atoms with E-state index in [2.05, 4.69) is 18.7 Å². The lowest BCUT2D eigenvalue weighted by Gasteiger charge is -2.24. The molecule has 0 aromatic carbocycles. The van der Waals surface area contributed by atoms with Gasteiger partial charge in [0.25, 0.3) is 0 Å². The Balaban J connectivity index is 2.40. The van der Waals surface area contributed by atoms with E-state index >= 15 is 0 Å². The van der Waals surface area contributed by atoms with E-state index in [1.54, 1.807) is 11.3 Å². The van der Waals surface area contributed by atoms with Crippen molar-refractivity contribution in [2.75, 3.05) is 19.7 Å². The third-order valence-corrected chi connectivity index (χ3v) is 3.27. The SMILES string of the molecule is CC(C)N(CCO)CCC(=O)c1ccsc1. The van der Waals surface area contributed by atoms with Crippen molar-refractivity contribution >= 4 is 17.1 Å². The highest BCUT2D eigenvalue weighted by Crippen LogP contribution is 2.10. The largest absolute Gasteiger partial charge is 0.395 e. The Morgan fingerprint density at radius 2 is 2.25 bits per heavy atom. The van der Waals surface area contributed by atoms with Crippen molar-refractivity contribution in [1.82, 2.24) is 4.90 Å². The van der Waals surface area contributed by atoms with E-state index in [4.69, 9.17) is 5.11 Å². The lowest BCUT2D eigenvalue weighted by atomic mass is 10.1. The molecule has 0 aliphatic heterocycles. The van der Waals surface area contributed by atoms with Crippen LogP contribution >= 0.6 is 11.3 Å². The Morgan fingerprint density at radius 1 is 1.50 bits per heavy atom. The molecule has 1 rings (SSSR count). The summed E-state index contributed by atoms with van der Waals surface area (Å²) in [4.78, 5) is 13.9. The molecule has 0 radical (unpaired) electrons. The van der Waals surface area contributed by atoms with Gasteiger partial charge in [-0.3, -0.25) is 9.69 Å². The van der Waals surface area contributed by atoms with Crippen molar-refractivity contribution in [3.63, 3.8) is 0 Å². The number of carbonyl (C=O) groups excluding carboxylic acids is 1. The average Bonchev–Trinajstić information content (AvgIpc) is 2.76. The molecule has 1 N–H and O–H groups in total. The van der Waals surface area contributed by atoms with Gasteiger partial charge in [0.1, 0.15) is 0 Å². The number of Topliss-reactive ketones (excluding diaryl/α,β-unsaturated/α-hetero) is 1. The molecule has 0 atom stereocenters. The van der Waals surface area contributed by atoms with Crippen LogP contribution in [0.1, 0.15) is 30.6 Å². The number of hydrogen-bond donors (Lipinski definition) is 1. The molecule has 0 aliphatic carbocycles. The molecule has 4 heteroatoms. The second-order valence-electron chi connectivity index (χ2n) is 4.04. The summed E-state index contributed by atoms with van der Waals surface area (Å²) in [5.41, 5.74) is 0.803. The van der Waals surface area contributed by atoms with Gasteiger partial charge >= 0.3 is 0 Å². The van der Waals surface area contributed by atoms with E-state index in [0.29, 0.717) is 25.6 Å². The highest BCUT2D eigenvalue weighted by molar-refractivity contribution is 7.08. The molecule has 0 saturated heterocycles. The fourth-order valence-electron chi connectivity index (χ4n) is 1.57. The van der Waals surface area contributed by atoms with Gasteiger partial charge < -0.3 is 5.11 Å². The van der Waals surface area contributed by atoms with Gasteiger partial charge in [0.2, 0.25) is 0 Å². The fraction of sp³-hybridized carbons (Fsp3) is 0.583. The summed E-state index contributed by atoms with van der Waals surface area (Å²) < 4.78 is 0. The normalized spacial score (nSPS) is 11.3. The predicted molar refractivity (Wildman–Crippen MR) is 67.1 cm³/mol. The summed E-state index contributed by atoms with van der Waals surface area (Å²) in [7, 11) is 0. The van der Waals surface area contributed by atoms with Crippen LogP contribution in [-0.4, -0.2) is 41.5 Å². The fourth-order valence-corrected chi connectivity index (χ4v) is 2.23. The lowest BCUT2D eigenvalue weighted by molar-refractivity contribution is 0.0944. The first-order chi connectivity index (χ1) is 7.65. The summed E-state index contributed by atoms with van der Waals surface area (Å²) in [6, 6.07) is 2.22. The molecular formula is C12H19NO2S. The summed E-state index contributed by atoms with van der Waals surface area (Å²) >= 11 is 1.54. The molecule has 0 saturated carbocycles. The quantitative estimate of drug-likeness (QED) is 0.743. The second kappa shape index (κ2) is 6.78. The Morgan fingerprint density at radius 3 is 2.75 bits per heavy atom. The zero-order valence-electron chi connectivity index (χ0n) is 9.85. The number of aliphatic hydroxyl groups is 1. The maximum Gasteiger partial charge on any atom is 0.164 e. The number of thiophene rings is 1. The second-order valence-corrected chi connectivity index (χ2v) is 4.82. The maximum atomic E-state index is 11.8. The standard InChI is InChI=1S/C12H19NO2S/c1-10(2)13(6-7-14)5-3-12(15)11-4-8-16-9-11/h4,8-10,14H,3,5-7H2,1-2H3. The predicted octanol–water partition coefficient (Wildman–Crippen LogP) is 2.02. The van der Waals surface area contributed by atoms with Crippen LogP contribution in [0.25, 0.3) is 0 Å². The number of carbonyl (C=O) groups is 1. The first-order valence-electron chi connectivity index (χ1n) is 5.55. The molecule has 0 amide bonds. The van der Waals surface area contributed by atoms with Crippen LogP contribution in [0.3, 0.4) is 0 Å². The van der Waals surface area contributed by atoms with Gasteiger partial charge in [0.15, 0.2) is 5.78 Å². The van der Waals surface area contributed by atoms with Crippen molar-refractivity contribution in [3.05, 3.63) is 22.4 Å². The van der Waals surface area contributed by atoms with Crippen LogP contribution in [-0.2, 0) is 0 Å². The van der Waals surface area contributed by atoms with Crippen LogP contribution < -0.4 is 0 Å². The summed E-state index contributed by atoms with van der Waals surface area (Å²) in [6.07, 6.45) is 0.523. The molecule has 1 aromatic heterocycles. The minimum absolute atomic E-state index is 0.144. The smallest absolute Gasteiger partial charge is 0.164 e. The first-order valence-corrected chi connectivity index (χ1v) is 6.49. The van der Waals surface area contributed by atoms with Gasteiger partial charge in [-0.1, -0.05) is 0 Å². The minimum Gasteiger partial charge on any atom is -0.395 e. The van der Waals surface area contributed by atoms with Crippen LogP contribution in [0.5, 0.6) is 0 Å². The van der Waals surface area contributed by atoms with Crippen LogP contribution in [0.15, 0.2) is 16.8 Å². The third-order valence-electron chi connectivity index (χ3n) is 2.59. The Kier molecular flexibility index (Phi) is 5.66. The van der Waals surface area contributed by atoms with Crippen molar-refractivity contribution < 1.29 is 9.90 Å². The third kappa shape index (κ3) is 4.04. The van der Waals surface area contributed by atoms with Crippen molar-refractivity contribution in [3.8, 4) is 0 Å². The van der Waals surface area contributed by atoms with Crippen molar-refractivity contribution in [2.24, 2.45) is 0 Å². The van der Waals surface area contributed by atoms with Crippen LogP contribution in [0.2, 0.25) is 0 Å². The van der Waals surface area contributed by atoms with Crippen molar-refractivity contribution in [2.45, 2.75) is 26.3 Å². The van der Waals surface area contributed by atoms with Gasteiger partial charge in [0, 0.05) is 36.5 Å². The number of rotatable bonds is 7.